The molecule has 10 heteroatoms. The molecule has 0 fully saturated rings. The van der Waals surface area contributed by atoms with Crippen molar-refractivity contribution in [2.75, 3.05) is 10.8 Å². The molecule has 0 aliphatic carbocycles. The van der Waals surface area contributed by atoms with E-state index < -0.39 is 46.1 Å². The zero-order valence-corrected chi connectivity index (χ0v) is 22.5. The maximum atomic E-state index is 14.5. The van der Waals surface area contributed by atoms with E-state index in [1.165, 1.54) is 25.1 Å². The highest BCUT2D eigenvalue weighted by Crippen LogP contribution is 2.25. The van der Waals surface area contributed by atoms with E-state index in [1.807, 2.05) is 6.92 Å². The van der Waals surface area contributed by atoms with E-state index in [2.05, 4.69) is 5.32 Å². The first-order valence-corrected chi connectivity index (χ1v) is 13.5. The fraction of sp³-hybridized carbons (Fsp3) is 0.286. The molecule has 3 rings (SSSR count). The number of benzene rings is 3. The van der Waals surface area contributed by atoms with Gasteiger partial charge in [-0.25, -0.2) is 17.2 Å². The Balaban J connectivity index is 2.03. The molecule has 0 heterocycles. The number of hydrogen-bond donors (Lipinski definition) is 1. The van der Waals surface area contributed by atoms with Gasteiger partial charge < -0.3 is 10.2 Å². The SMILES string of the molecule is Cc1ccc(N(CC(=O)N(Cc2ccccc2F)[C@H](C)C(=O)NC(C)C)S(=O)(=O)c2ccc(F)cc2)cc1. The maximum Gasteiger partial charge on any atom is 0.264 e. The lowest BCUT2D eigenvalue weighted by Gasteiger charge is -2.32. The smallest absolute Gasteiger partial charge is 0.264 e. The lowest BCUT2D eigenvalue weighted by atomic mass is 10.1. The molecule has 7 nitrogen and oxygen atoms in total. The summed E-state index contributed by atoms with van der Waals surface area (Å²) in [7, 11) is -4.31. The largest absolute Gasteiger partial charge is 0.352 e. The summed E-state index contributed by atoms with van der Waals surface area (Å²) in [5, 5.41) is 2.74. The van der Waals surface area contributed by atoms with Gasteiger partial charge in [0.05, 0.1) is 10.6 Å². The number of hydrogen-bond acceptors (Lipinski definition) is 4. The van der Waals surface area contributed by atoms with Gasteiger partial charge in [-0.3, -0.25) is 13.9 Å². The minimum atomic E-state index is -4.31. The van der Waals surface area contributed by atoms with Crippen molar-refractivity contribution in [1.29, 1.82) is 0 Å². The predicted octanol–water partition coefficient (Wildman–Crippen LogP) is 4.41. The van der Waals surface area contributed by atoms with E-state index in [9.17, 15) is 26.8 Å². The summed E-state index contributed by atoms with van der Waals surface area (Å²) >= 11 is 0. The van der Waals surface area contributed by atoms with E-state index >= 15 is 0 Å². The highest BCUT2D eigenvalue weighted by atomic mass is 32.2. The van der Waals surface area contributed by atoms with Crippen LogP contribution < -0.4 is 9.62 Å². The van der Waals surface area contributed by atoms with Crippen molar-refractivity contribution in [2.24, 2.45) is 0 Å². The lowest BCUT2D eigenvalue weighted by Crippen LogP contribution is -2.52. The van der Waals surface area contributed by atoms with Crippen molar-refractivity contribution < 1.29 is 26.8 Å². The molecular weight excluding hydrogens is 512 g/mol. The zero-order valence-electron chi connectivity index (χ0n) is 21.7. The lowest BCUT2D eigenvalue weighted by molar-refractivity contribution is -0.139. The number of amides is 2. The van der Waals surface area contributed by atoms with Gasteiger partial charge in [0, 0.05) is 18.2 Å². The molecule has 0 aliphatic rings. The molecule has 0 radical (unpaired) electrons. The van der Waals surface area contributed by atoms with Crippen molar-refractivity contribution in [1.82, 2.24) is 10.2 Å². The Hall–Kier alpha value is -3.79. The number of anilines is 1. The molecular formula is C28H31F2N3O4S. The number of sulfonamides is 1. The van der Waals surface area contributed by atoms with Crippen LogP contribution in [0, 0.1) is 18.6 Å². The topological polar surface area (TPSA) is 86.8 Å². The molecule has 0 spiro atoms. The van der Waals surface area contributed by atoms with E-state index in [-0.39, 0.29) is 28.7 Å². The number of halogens is 2. The number of nitrogens with one attached hydrogen (secondary N) is 1. The summed E-state index contributed by atoms with van der Waals surface area (Å²) < 4.78 is 56.2. The van der Waals surface area contributed by atoms with Crippen LogP contribution >= 0.6 is 0 Å². The van der Waals surface area contributed by atoms with Crippen LogP contribution in [0.2, 0.25) is 0 Å². The molecule has 202 valence electrons. The van der Waals surface area contributed by atoms with Crippen LogP contribution in [0.15, 0.2) is 77.7 Å². The van der Waals surface area contributed by atoms with Crippen molar-refractivity contribution in [3.05, 3.63) is 95.6 Å². The quantitative estimate of drug-likeness (QED) is 0.411. The van der Waals surface area contributed by atoms with Gasteiger partial charge in [-0.2, -0.15) is 0 Å². The summed E-state index contributed by atoms with van der Waals surface area (Å²) in [6, 6.07) is 15.4. The van der Waals surface area contributed by atoms with Gasteiger partial charge in [-0.05, 0) is 70.2 Å². The summed E-state index contributed by atoms with van der Waals surface area (Å²) in [6.07, 6.45) is 0. The Morgan fingerprint density at radius 2 is 1.50 bits per heavy atom. The summed E-state index contributed by atoms with van der Waals surface area (Å²) in [6.45, 7) is 5.94. The van der Waals surface area contributed by atoms with Crippen molar-refractivity contribution >= 4 is 27.5 Å². The zero-order chi connectivity index (χ0) is 28.0. The van der Waals surface area contributed by atoms with E-state index in [0.29, 0.717) is 0 Å². The predicted molar refractivity (Wildman–Crippen MR) is 142 cm³/mol. The van der Waals surface area contributed by atoms with Crippen molar-refractivity contribution in [3.63, 3.8) is 0 Å². The van der Waals surface area contributed by atoms with E-state index in [0.717, 1.165) is 39.0 Å². The third-order valence-electron chi connectivity index (χ3n) is 5.90. The normalized spacial score (nSPS) is 12.2. The fourth-order valence-corrected chi connectivity index (χ4v) is 5.19. The van der Waals surface area contributed by atoms with Crippen LogP contribution in [0.25, 0.3) is 0 Å². The van der Waals surface area contributed by atoms with Gasteiger partial charge in [-0.15, -0.1) is 0 Å². The van der Waals surface area contributed by atoms with Crippen LogP contribution in [0.5, 0.6) is 0 Å². The Labute approximate surface area is 222 Å². The van der Waals surface area contributed by atoms with Gasteiger partial charge in [0.25, 0.3) is 10.0 Å². The van der Waals surface area contributed by atoms with Crippen LogP contribution in [-0.4, -0.2) is 43.8 Å². The third kappa shape index (κ3) is 6.95. The van der Waals surface area contributed by atoms with Crippen molar-refractivity contribution in [3.8, 4) is 0 Å². The summed E-state index contributed by atoms with van der Waals surface area (Å²) in [4.78, 5) is 27.5. The number of carbonyl (C=O) groups excluding carboxylic acids is 2. The molecule has 3 aromatic rings. The molecule has 1 atom stereocenters. The first kappa shape index (κ1) is 28.8. The third-order valence-corrected chi connectivity index (χ3v) is 7.69. The average molecular weight is 544 g/mol. The standard InChI is InChI=1S/C28H31F2N3O4S/c1-19(2)31-28(35)21(4)32(17-22-7-5-6-8-26(22)30)27(34)18-33(24-13-9-20(3)10-14-24)38(36,37)25-15-11-23(29)12-16-25/h5-16,19,21H,17-18H2,1-4H3,(H,31,35)/t21-/m1/s1. The van der Waals surface area contributed by atoms with Crippen LogP contribution in [0.1, 0.15) is 31.9 Å². The van der Waals surface area contributed by atoms with Crippen LogP contribution in [-0.2, 0) is 26.2 Å². The number of rotatable bonds is 10. The fourth-order valence-electron chi connectivity index (χ4n) is 3.77. The van der Waals surface area contributed by atoms with E-state index in [1.54, 1.807) is 44.2 Å². The molecule has 0 bridgehead atoms. The number of aryl methyl sites for hydroxylation is 1. The summed E-state index contributed by atoms with van der Waals surface area (Å²) in [5.74, 6) is -2.35. The van der Waals surface area contributed by atoms with Gasteiger partial charge in [0.2, 0.25) is 11.8 Å². The monoisotopic (exact) mass is 543 g/mol. The van der Waals surface area contributed by atoms with Gasteiger partial charge in [0.15, 0.2) is 0 Å². The molecule has 2 amide bonds. The molecule has 3 aromatic carbocycles. The van der Waals surface area contributed by atoms with Crippen LogP contribution in [0.4, 0.5) is 14.5 Å². The van der Waals surface area contributed by atoms with Gasteiger partial charge in [0.1, 0.15) is 24.2 Å². The molecule has 0 unspecified atom stereocenters. The molecule has 38 heavy (non-hydrogen) atoms. The first-order valence-electron chi connectivity index (χ1n) is 12.1. The van der Waals surface area contributed by atoms with Crippen molar-refractivity contribution in [2.45, 2.75) is 51.2 Å². The van der Waals surface area contributed by atoms with Gasteiger partial charge >= 0.3 is 0 Å². The Morgan fingerprint density at radius 3 is 2.08 bits per heavy atom. The maximum absolute atomic E-state index is 14.5. The summed E-state index contributed by atoms with van der Waals surface area (Å²) in [5.41, 5.74) is 1.26. The van der Waals surface area contributed by atoms with E-state index in [4.69, 9.17) is 0 Å². The highest BCUT2D eigenvalue weighted by molar-refractivity contribution is 7.92. The Kier molecular flexibility index (Phi) is 9.22. The molecule has 0 aromatic heterocycles. The molecule has 0 aliphatic heterocycles. The minimum absolute atomic E-state index is 0.174. The Morgan fingerprint density at radius 1 is 0.895 bits per heavy atom. The second-order valence-corrected chi connectivity index (χ2v) is 11.1. The first-order chi connectivity index (χ1) is 17.9. The molecule has 0 saturated carbocycles. The highest BCUT2D eigenvalue weighted by Gasteiger charge is 2.33. The minimum Gasteiger partial charge on any atom is -0.352 e. The molecule has 0 saturated heterocycles. The average Bonchev–Trinajstić information content (AvgIpc) is 2.86. The second-order valence-electron chi connectivity index (χ2n) is 9.25. The van der Waals surface area contributed by atoms with Crippen LogP contribution in [0.3, 0.4) is 0 Å². The Bertz CT molecular complexity index is 1380. The van der Waals surface area contributed by atoms with Gasteiger partial charge in [-0.1, -0.05) is 35.9 Å². The number of carbonyl (C=O) groups is 2. The number of nitrogens with zero attached hydrogens (tertiary/aromatic N) is 2. The molecule has 1 N–H and O–H groups in total. The second kappa shape index (κ2) is 12.2.